The van der Waals surface area contributed by atoms with Crippen molar-refractivity contribution in [1.29, 1.82) is 0 Å². The van der Waals surface area contributed by atoms with Crippen LogP contribution in [-0.4, -0.2) is 38.3 Å². The first kappa shape index (κ1) is 18.0. The van der Waals surface area contributed by atoms with Gasteiger partial charge in [-0.05, 0) is 44.4 Å². The van der Waals surface area contributed by atoms with Crippen molar-refractivity contribution >= 4 is 17.5 Å². The van der Waals surface area contributed by atoms with Gasteiger partial charge in [0, 0.05) is 30.3 Å². The third-order valence-electron chi connectivity index (χ3n) is 4.68. The van der Waals surface area contributed by atoms with Crippen LogP contribution in [-0.2, 0) is 16.1 Å². The van der Waals surface area contributed by atoms with Gasteiger partial charge in [0.15, 0.2) is 0 Å². The van der Waals surface area contributed by atoms with E-state index in [1.165, 1.54) is 6.42 Å². The molecule has 1 amide bonds. The van der Waals surface area contributed by atoms with Gasteiger partial charge in [0.25, 0.3) is 0 Å². The van der Waals surface area contributed by atoms with Crippen molar-refractivity contribution < 1.29 is 14.3 Å². The Morgan fingerprint density at radius 3 is 2.70 bits per heavy atom. The van der Waals surface area contributed by atoms with Crippen LogP contribution in [0.5, 0.6) is 5.75 Å². The van der Waals surface area contributed by atoms with Crippen LogP contribution in [0.2, 0.25) is 5.02 Å². The highest BCUT2D eigenvalue weighted by atomic mass is 35.5. The molecular formula is C17H25ClN2O3. The van der Waals surface area contributed by atoms with Crippen molar-refractivity contribution in [3.63, 3.8) is 0 Å². The minimum absolute atomic E-state index is 0.0653. The lowest BCUT2D eigenvalue weighted by atomic mass is 9.75. The Hall–Kier alpha value is -1.30. The SMILES string of the molecule is COc1ccc(Cl)cc1CNC(=O)CNC(C)C1(OC)CCC1. The molecule has 0 spiro atoms. The molecule has 1 aliphatic rings. The summed E-state index contributed by atoms with van der Waals surface area (Å²) in [6, 6.07) is 5.50. The summed E-state index contributed by atoms with van der Waals surface area (Å²) in [7, 11) is 3.34. The van der Waals surface area contributed by atoms with Gasteiger partial charge < -0.3 is 20.1 Å². The van der Waals surface area contributed by atoms with E-state index in [-0.39, 0.29) is 24.1 Å². The van der Waals surface area contributed by atoms with Crippen LogP contribution in [0, 0.1) is 0 Å². The molecule has 1 aromatic rings. The molecule has 1 aliphatic carbocycles. The predicted octanol–water partition coefficient (Wildman–Crippen LogP) is 2.51. The fourth-order valence-electron chi connectivity index (χ4n) is 2.91. The third kappa shape index (κ3) is 4.37. The summed E-state index contributed by atoms with van der Waals surface area (Å²) in [5.41, 5.74) is 0.741. The number of carbonyl (C=O) groups is 1. The minimum Gasteiger partial charge on any atom is -0.496 e. The van der Waals surface area contributed by atoms with E-state index >= 15 is 0 Å². The van der Waals surface area contributed by atoms with E-state index in [0.717, 1.165) is 18.4 Å². The van der Waals surface area contributed by atoms with Gasteiger partial charge in [0.1, 0.15) is 5.75 Å². The zero-order valence-corrected chi connectivity index (χ0v) is 14.7. The number of ether oxygens (including phenoxy) is 2. The molecule has 1 fully saturated rings. The Balaban J connectivity index is 1.80. The summed E-state index contributed by atoms with van der Waals surface area (Å²) < 4.78 is 10.9. The number of halogens is 1. The second-order valence-electron chi connectivity index (χ2n) is 5.96. The molecule has 0 radical (unpaired) electrons. The first-order chi connectivity index (χ1) is 11.0. The van der Waals surface area contributed by atoms with Crippen molar-refractivity contribution in [2.75, 3.05) is 20.8 Å². The molecule has 6 heteroatoms. The first-order valence-corrected chi connectivity index (χ1v) is 8.26. The molecule has 2 N–H and O–H groups in total. The molecule has 1 atom stereocenters. The van der Waals surface area contributed by atoms with Crippen LogP contribution in [0.1, 0.15) is 31.7 Å². The monoisotopic (exact) mass is 340 g/mol. The number of methoxy groups -OCH3 is 2. The molecular weight excluding hydrogens is 316 g/mol. The molecule has 1 aromatic carbocycles. The number of rotatable bonds is 8. The van der Waals surface area contributed by atoms with Crippen molar-refractivity contribution in [3.05, 3.63) is 28.8 Å². The molecule has 5 nitrogen and oxygen atoms in total. The highest BCUT2D eigenvalue weighted by Crippen LogP contribution is 2.37. The summed E-state index contributed by atoms with van der Waals surface area (Å²) >= 11 is 5.99. The van der Waals surface area contributed by atoms with E-state index < -0.39 is 0 Å². The Kier molecular flexibility index (Phi) is 6.27. The van der Waals surface area contributed by atoms with E-state index in [4.69, 9.17) is 21.1 Å². The lowest BCUT2D eigenvalue weighted by Gasteiger charge is -2.45. The van der Waals surface area contributed by atoms with Crippen molar-refractivity contribution in [3.8, 4) is 5.75 Å². The maximum atomic E-state index is 12.0. The predicted molar refractivity (Wildman–Crippen MR) is 90.9 cm³/mol. The molecule has 23 heavy (non-hydrogen) atoms. The minimum atomic E-state index is -0.115. The molecule has 0 heterocycles. The van der Waals surface area contributed by atoms with Gasteiger partial charge in [-0.3, -0.25) is 4.79 Å². The molecule has 0 aromatic heterocycles. The molecule has 1 saturated carbocycles. The van der Waals surface area contributed by atoms with Crippen LogP contribution < -0.4 is 15.4 Å². The normalized spacial score (nSPS) is 17.2. The van der Waals surface area contributed by atoms with Gasteiger partial charge in [-0.25, -0.2) is 0 Å². The maximum absolute atomic E-state index is 12.0. The molecule has 2 rings (SSSR count). The zero-order chi connectivity index (χ0) is 16.9. The van der Waals surface area contributed by atoms with E-state index in [1.807, 2.05) is 0 Å². The number of nitrogens with one attached hydrogen (secondary N) is 2. The second kappa shape index (κ2) is 7.99. The van der Waals surface area contributed by atoms with Crippen LogP contribution in [0.15, 0.2) is 18.2 Å². The van der Waals surface area contributed by atoms with Crippen LogP contribution in [0.25, 0.3) is 0 Å². The van der Waals surface area contributed by atoms with Gasteiger partial charge in [-0.2, -0.15) is 0 Å². The lowest BCUT2D eigenvalue weighted by Crippen LogP contribution is -2.56. The zero-order valence-electron chi connectivity index (χ0n) is 13.9. The number of hydrogen-bond donors (Lipinski definition) is 2. The molecule has 128 valence electrons. The number of hydrogen-bond acceptors (Lipinski definition) is 4. The van der Waals surface area contributed by atoms with Crippen LogP contribution >= 0.6 is 11.6 Å². The molecule has 0 aliphatic heterocycles. The Bertz CT molecular complexity index is 541. The molecule has 0 saturated heterocycles. The second-order valence-corrected chi connectivity index (χ2v) is 6.39. The highest BCUT2D eigenvalue weighted by molar-refractivity contribution is 6.30. The summed E-state index contributed by atoms with van der Waals surface area (Å²) in [6.45, 7) is 2.71. The average Bonchev–Trinajstić information content (AvgIpc) is 2.50. The Labute approximate surface area is 142 Å². The van der Waals surface area contributed by atoms with Crippen molar-refractivity contribution in [2.24, 2.45) is 0 Å². The van der Waals surface area contributed by atoms with E-state index in [1.54, 1.807) is 32.4 Å². The number of benzene rings is 1. The number of carbonyl (C=O) groups excluding carboxylic acids is 1. The Morgan fingerprint density at radius 2 is 2.13 bits per heavy atom. The van der Waals surface area contributed by atoms with E-state index in [0.29, 0.717) is 17.3 Å². The average molecular weight is 341 g/mol. The lowest BCUT2D eigenvalue weighted by molar-refractivity contribution is -0.122. The summed E-state index contributed by atoms with van der Waals surface area (Å²) in [5.74, 6) is 0.647. The fourth-order valence-corrected chi connectivity index (χ4v) is 3.11. The van der Waals surface area contributed by atoms with Crippen molar-refractivity contribution in [2.45, 2.75) is 44.4 Å². The van der Waals surface area contributed by atoms with Gasteiger partial charge >= 0.3 is 0 Å². The Morgan fingerprint density at radius 1 is 1.39 bits per heavy atom. The van der Waals surface area contributed by atoms with E-state index in [9.17, 15) is 4.79 Å². The van der Waals surface area contributed by atoms with Crippen molar-refractivity contribution in [1.82, 2.24) is 10.6 Å². The number of amides is 1. The maximum Gasteiger partial charge on any atom is 0.234 e. The van der Waals surface area contributed by atoms with Crippen LogP contribution in [0.3, 0.4) is 0 Å². The molecule has 1 unspecified atom stereocenters. The van der Waals surface area contributed by atoms with Crippen LogP contribution in [0.4, 0.5) is 0 Å². The summed E-state index contributed by atoms with van der Waals surface area (Å²) in [5, 5.41) is 6.76. The largest absolute Gasteiger partial charge is 0.496 e. The third-order valence-corrected chi connectivity index (χ3v) is 4.92. The van der Waals surface area contributed by atoms with Gasteiger partial charge in [0.05, 0.1) is 19.3 Å². The summed E-state index contributed by atoms with van der Waals surface area (Å²) in [4.78, 5) is 12.0. The standard InChI is InChI=1S/C17H25ClN2O3/c1-12(17(23-3)7-4-8-17)19-11-16(21)20-10-13-9-14(18)5-6-15(13)22-2/h5-6,9,12,19H,4,7-8,10-11H2,1-3H3,(H,20,21). The fraction of sp³-hybridized carbons (Fsp3) is 0.588. The molecule has 0 bridgehead atoms. The van der Waals surface area contributed by atoms with Gasteiger partial charge in [-0.15, -0.1) is 0 Å². The quantitative estimate of drug-likeness (QED) is 0.763. The van der Waals surface area contributed by atoms with E-state index in [2.05, 4.69) is 17.6 Å². The summed E-state index contributed by atoms with van der Waals surface area (Å²) in [6.07, 6.45) is 3.26. The topological polar surface area (TPSA) is 59.6 Å². The smallest absolute Gasteiger partial charge is 0.234 e. The van der Waals surface area contributed by atoms with Gasteiger partial charge in [-0.1, -0.05) is 11.6 Å². The first-order valence-electron chi connectivity index (χ1n) is 7.88. The van der Waals surface area contributed by atoms with Gasteiger partial charge in [0.2, 0.25) is 5.91 Å². The highest BCUT2D eigenvalue weighted by Gasteiger charge is 2.42.